The lowest BCUT2D eigenvalue weighted by molar-refractivity contribution is -0.119. The SMILES string of the molecule is CC(=O)NCc1ccc(-c2csc(NC(=O)CCC(=O)c3cccs3)n2)o1. The normalized spacial score (nSPS) is 10.6. The molecule has 3 rings (SSSR count). The van der Waals surface area contributed by atoms with Crippen molar-refractivity contribution in [2.45, 2.75) is 26.3 Å². The number of Topliss-reactive ketones (excluding diaryl/α,β-unsaturated/α-hetero) is 1. The molecule has 3 aromatic heterocycles. The smallest absolute Gasteiger partial charge is 0.226 e. The number of carbonyl (C=O) groups is 3. The van der Waals surface area contributed by atoms with Gasteiger partial charge in [0.2, 0.25) is 11.8 Å². The number of thiophene rings is 1. The van der Waals surface area contributed by atoms with Gasteiger partial charge in [0.1, 0.15) is 11.5 Å². The van der Waals surface area contributed by atoms with Crippen molar-refractivity contribution in [3.8, 4) is 11.5 Å². The lowest BCUT2D eigenvalue weighted by atomic mass is 10.2. The Morgan fingerprint density at radius 2 is 2.00 bits per heavy atom. The van der Waals surface area contributed by atoms with E-state index in [2.05, 4.69) is 15.6 Å². The Morgan fingerprint density at radius 1 is 1.15 bits per heavy atom. The maximum absolute atomic E-state index is 12.0. The Kier molecular flexibility index (Phi) is 6.15. The van der Waals surface area contributed by atoms with E-state index in [0.29, 0.717) is 33.8 Å². The number of amides is 2. The van der Waals surface area contributed by atoms with Crippen LogP contribution in [-0.4, -0.2) is 22.6 Å². The number of aromatic nitrogens is 1. The van der Waals surface area contributed by atoms with E-state index in [0.717, 1.165) is 0 Å². The van der Waals surface area contributed by atoms with Crippen molar-refractivity contribution in [1.29, 1.82) is 0 Å². The minimum atomic E-state index is -0.258. The molecule has 7 nitrogen and oxygen atoms in total. The molecule has 0 bridgehead atoms. The second-order valence-electron chi connectivity index (χ2n) is 5.66. The molecular formula is C18H17N3O4S2. The molecule has 2 N–H and O–H groups in total. The minimum absolute atomic E-state index is 0.0396. The summed E-state index contributed by atoms with van der Waals surface area (Å²) >= 11 is 2.65. The lowest BCUT2D eigenvalue weighted by Gasteiger charge is -2.00. The predicted molar refractivity (Wildman–Crippen MR) is 104 cm³/mol. The van der Waals surface area contributed by atoms with E-state index in [1.165, 1.54) is 29.6 Å². The fourth-order valence-electron chi connectivity index (χ4n) is 2.24. The molecule has 0 aliphatic rings. The molecule has 3 aromatic rings. The van der Waals surface area contributed by atoms with Gasteiger partial charge in [-0.3, -0.25) is 14.4 Å². The minimum Gasteiger partial charge on any atom is -0.458 e. The van der Waals surface area contributed by atoms with Crippen LogP contribution in [0.4, 0.5) is 5.13 Å². The number of furan rings is 1. The molecule has 0 radical (unpaired) electrons. The number of nitrogens with one attached hydrogen (secondary N) is 2. The Morgan fingerprint density at radius 3 is 2.74 bits per heavy atom. The molecule has 0 fully saturated rings. The van der Waals surface area contributed by atoms with Crippen LogP contribution in [0.3, 0.4) is 0 Å². The van der Waals surface area contributed by atoms with Crippen LogP contribution in [-0.2, 0) is 16.1 Å². The third kappa shape index (κ3) is 5.35. The van der Waals surface area contributed by atoms with Crippen molar-refractivity contribution in [2.75, 3.05) is 5.32 Å². The summed E-state index contributed by atoms with van der Waals surface area (Å²) in [4.78, 5) is 39.9. The summed E-state index contributed by atoms with van der Waals surface area (Å²) in [5.74, 6) is 0.740. The monoisotopic (exact) mass is 403 g/mol. The quantitative estimate of drug-likeness (QED) is 0.559. The number of carbonyl (C=O) groups excluding carboxylic acids is 3. The first-order valence-electron chi connectivity index (χ1n) is 8.17. The zero-order chi connectivity index (χ0) is 19.2. The van der Waals surface area contributed by atoms with E-state index in [9.17, 15) is 14.4 Å². The van der Waals surface area contributed by atoms with Gasteiger partial charge >= 0.3 is 0 Å². The Bertz CT molecular complexity index is 944. The van der Waals surface area contributed by atoms with Crippen molar-refractivity contribution < 1.29 is 18.8 Å². The summed E-state index contributed by atoms with van der Waals surface area (Å²) < 4.78 is 5.63. The van der Waals surface area contributed by atoms with E-state index in [1.54, 1.807) is 23.6 Å². The summed E-state index contributed by atoms with van der Waals surface area (Å²) in [6, 6.07) is 7.09. The third-order valence-corrected chi connectivity index (χ3v) is 5.22. The van der Waals surface area contributed by atoms with E-state index in [1.807, 2.05) is 11.4 Å². The van der Waals surface area contributed by atoms with Crippen molar-refractivity contribution in [3.63, 3.8) is 0 Å². The predicted octanol–water partition coefficient (Wildman–Crippen LogP) is 3.70. The summed E-state index contributed by atoms with van der Waals surface area (Å²) in [6.07, 6.45) is 0.266. The fourth-order valence-corrected chi connectivity index (χ4v) is 3.65. The molecule has 0 aromatic carbocycles. The van der Waals surface area contributed by atoms with Gasteiger partial charge in [-0.05, 0) is 23.6 Å². The highest BCUT2D eigenvalue weighted by Gasteiger charge is 2.13. The van der Waals surface area contributed by atoms with Crippen LogP contribution in [0.2, 0.25) is 0 Å². The number of thiazole rings is 1. The van der Waals surface area contributed by atoms with Gasteiger partial charge in [-0.2, -0.15) is 0 Å². The topological polar surface area (TPSA) is 101 Å². The van der Waals surface area contributed by atoms with Gasteiger partial charge in [0.25, 0.3) is 0 Å². The second-order valence-corrected chi connectivity index (χ2v) is 7.47. The molecule has 0 spiro atoms. The molecule has 0 aliphatic heterocycles. The van der Waals surface area contributed by atoms with Crippen LogP contribution in [0.15, 0.2) is 39.4 Å². The molecule has 0 aliphatic carbocycles. The summed E-state index contributed by atoms with van der Waals surface area (Å²) in [6.45, 7) is 1.74. The third-order valence-electron chi connectivity index (χ3n) is 3.55. The molecule has 9 heteroatoms. The number of hydrogen-bond donors (Lipinski definition) is 2. The van der Waals surface area contributed by atoms with E-state index in [-0.39, 0.29) is 30.4 Å². The fraction of sp³-hybridized carbons (Fsp3) is 0.222. The Labute approximate surface area is 163 Å². The molecule has 3 heterocycles. The van der Waals surface area contributed by atoms with Gasteiger partial charge in [0.05, 0.1) is 11.4 Å². The van der Waals surface area contributed by atoms with Crippen molar-refractivity contribution in [1.82, 2.24) is 10.3 Å². The van der Waals surface area contributed by atoms with Crippen molar-refractivity contribution in [2.24, 2.45) is 0 Å². The first-order valence-corrected chi connectivity index (χ1v) is 9.93. The molecule has 0 unspecified atom stereocenters. The Hall–Kier alpha value is -2.78. The molecule has 140 valence electrons. The van der Waals surface area contributed by atoms with Gasteiger partial charge in [0.15, 0.2) is 16.7 Å². The second kappa shape index (κ2) is 8.74. The van der Waals surface area contributed by atoms with Crippen LogP contribution < -0.4 is 10.6 Å². The van der Waals surface area contributed by atoms with Gasteiger partial charge in [0, 0.05) is 25.1 Å². The van der Waals surface area contributed by atoms with Gasteiger partial charge in [-0.15, -0.1) is 22.7 Å². The average Bonchev–Trinajstić information content (AvgIpc) is 3.38. The van der Waals surface area contributed by atoms with Gasteiger partial charge in [-0.25, -0.2) is 4.98 Å². The molecular weight excluding hydrogens is 386 g/mol. The number of rotatable bonds is 8. The highest BCUT2D eigenvalue weighted by Crippen LogP contribution is 2.26. The highest BCUT2D eigenvalue weighted by molar-refractivity contribution is 7.14. The van der Waals surface area contributed by atoms with E-state index < -0.39 is 0 Å². The lowest BCUT2D eigenvalue weighted by Crippen LogP contribution is -2.18. The van der Waals surface area contributed by atoms with Gasteiger partial charge in [-0.1, -0.05) is 6.07 Å². The van der Waals surface area contributed by atoms with Gasteiger partial charge < -0.3 is 15.1 Å². The van der Waals surface area contributed by atoms with E-state index in [4.69, 9.17) is 4.42 Å². The number of nitrogens with zero attached hydrogens (tertiary/aromatic N) is 1. The number of hydrogen-bond acceptors (Lipinski definition) is 7. The molecule has 0 saturated carbocycles. The first-order chi connectivity index (χ1) is 13.0. The van der Waals surface area contributed by atoms with Crippen LogP contribution in [0.25, 0.3) is 11.5 Å². The maximum Gasteiger partial charge on any atom is 0.226 e. The standard InChI is InChI=1S/C18H17N3O4S2/c1-11(22)19-9-12-4-6-15(25-12)13-10-27-18(20-13)21-17(24)7-5-14(23)16-3-2-8-26-16/h2-4,6,8,10H,5,7,9H2,1H3,(H,19,22)(H,20,21,24). The Balaban J connectivity index is 1.52. The van der Waals surface area contributed by atoms with Crippen LogP contribution in [0, 0.1) is 0 Å². The summed E-state index contributed by atoms with van der Waals surface area (Å²) in [5.41, 5.74) is 0.596. The largest absolute Gasteiger partial charge is 0.458 e. The van der Waals surface area contributed by atoms with Crippen LogP contribution in [0.1, 0.15) is 35.2 Å². The van der Waals surface area contributed by atoms with Crippen molar-refractivity contribution in [3.05, 3.63) is 45.7 Å². The number of ketones is 1. The van der Waals surface area contributed by atoms with Crippen molar-refractivity contribution >= 4 is 45.4 Å². The zero-order valence-electron chi connectivity index (χ0n) is 14.5. The molecule has 0 saturated heterocycles. The van der Waals surface area contributed by atoms with Crippen LogP contribution >= 0.6 is 22.7 Å². The zero-order valence-corrected chi connectivity index (χ0v) is 16.1. The summed E-state index contributed by atoms with van der Waals surface area (Å²) in [7, 11) is 0. The molecule has 0 atom stereocenters. The average molecular weight is 403 g/mol. The number of anilines is 1. The van der Waals surface area contributed by atoms with E-state index >= 15 is 0 Å². The first kappa shape index (κ1) is 19.0. The summed E-state index contributed by atoms with van der Waals surface area (Å²) in [5, 5.41) is 9.41. The van der Waals surface area contributed by atoms with Crippen LogP contribution in [0.5, 0.6) is 0 Å². The maximum atomic E-state index is 12.0. The molecule has 27 heavy (non-hydrogen) atoms. The molecule has 2 amide bonds. The highest BCUT2D eigenvalue weighted by atomic mass is 32.1.